The van der Waals surface area contributed by atoms with E-state index in [1.165, 1.54) is 16.7 Å². The van der Waals surface area contributed by atoms with E-state index in [-0.39, 0.29) is 54.6 Å². The molecule has 5 N–H and O–H groups in total. The number of nitrogens with zero attached hydrogens (tertiary/aromatic N) is 1. The van der Waals surface area contributed by atoms with Gasteiger partial charge in [0, 0.05) is 55.6 Å². The maximum atomic E-state index is 14.0. The quantitative estimate of drug-likeness (QED) is 0.287. The fraction of sp³-hybridized carbons (Fsp3) is 0.464. The van der Waals surface area contributed by atoms with Gasteiger partial charge in [0.15, 0.2) is 17.0 Å². The van der Waals surface area contributed by atoms with Gasteiger partial charge >= 0.3 is 0 Å². The number of carbonyl (C=O) groups excluding carboxylic acids is 3. The number of hydrogen-bond acceptors (Lipinski definition) is 6. The van der Waals surface area contributed by atoms with Gasteiger partial charge in [0.2, 0.25) is 11.8 Å². The third-order valence-electron chi connectivity index (χ3n) is 6.77. The Morgan fingerprint density at radius 1 is 1.05 bits per heavy atom. The summed E-state index contributed by atoms with van der Waals surface area (Å²) in [5, 5.41) is 8.27. The second-order valence-corrected chi connectivity index (χ2v) is 11.1. The second kappa shape index (κ2) is 14.4. The average molecular weight is 580 g/mol. The lowest BCUT2D eigenvalue weighted by atomic mass is 10.0. The lowest BCUT2D eigenvalue weighted by Gasteiger charge is -2.24. The molecule has 1 aliphatic heterocycles. The standard InChI is InChI=1S/C28H36F3N5O3S/c1-4-33-26(38)16(2)17(3)35-21-7-5-18(6-8-21)15-34-27(39)28-36(9-10-40-28)25(37)13-20(32)11-19-12-23(30)24(31)14-22(19)29/h5-8,12,14,16-17,20,28,35H,4,9-11,13,15,32H2,1-3H3,(H,33,38)(H,34,39)/t16-,17?,20-,28+/m1/s1. The largest absolute Gasteiger partial charge is 0.382 e. The van der Waals surface area contributed by atoms with Crippen molar-refractivity contribution in [2.75, 3.05) is 24.2 Å². The number of rotatable bonds is 12. The normalized spacial score (nSPS) is 17.2. The summed E-state index contributed by atoms with van der Waals surface area (Å²) in [6, 6.07) is 7.77. The van der Waals surface area contributed by atoms with Gasteiger partial charge in [0.1, 0.15) is 5.82 Å². The van der Waals surface area contributed by atoms with Gasteiger partial charge in [-0.1, -0.05) is 19.1 Å². The number of thioether (sulfide) groups is 1. The van der Waals surface area contributed by atoms with Crippen LogP contribution in [0.1, 0.15) is 38.3 Å². The van der Waals surface area contributed by atoms with Gasteiger partial charge in [-0.25, -0.2) is 13.2 Å². The summed E-state index contributed by atoms with van der Waals surface area (Å²) in [5.74, 6) is -3.75. The third kappa shape index (κ3) is 8.37. The van der Waals surface area contributed by atoms with Crippen LogP contribution in [0.3, 0.4) is 0 Å². The van der Waals surface area contributed by atoms with Crippen LogP contribution in [0.4, 0.5) is 18.9 Å². The molecular weight excluding hydrogens is 543 g/mol. The molecule has 1 unspecified atom stereocenters. The Kier molecular flexibility index (Phi) is 11.3. The highest BCUT2D eigenvalue weighted by atomic mass is 32.2. The van der Waals surface area contributed by atoms with Crippen LogP contribution in [0, 0.1) is 23.4 Å². The summed E-state index contributed by atoms with van der Waals surface area (Å²) in [6.45, 7) is 6.88. The minimum absolute atomic E-state index is 0.0155. The minimum Gasteiger partial charge on any atom is -0.382 e. The van der Waals surface area contributed by atoms with Crippen LogP contribution < -0.4 is 21.7 Å². The van der Waals surface area contributed by atoms with E-state index in [9.17, 15) is 27.6 Å². The van der Waals surface area contributed by atoms with E-state index in [0.717, 1.165) is 17.3 Å². The maximum Gasteiger partial charge on any atom is 0.253 e. The molecule has 2 aromatic carbocycles. The Morgan fingerprint density at radius 3 is 2.40 bits per heavy atom. The van der Waals surface area contributed by atoms with Gasteiger partial charge in [0.25, 0.3) is 5.91 Å². The smallest absolute Gasteiger partial charge is 0.253 e. The molecule has 12 heteroatoms. The predicted octanol–water partition coefficient (Wildman–Crippen LogP) is 3.15. The van der Waals surface area contributed by atoms with E-state index in [4.69, 9.17) is 5.73 Å². The number of nitrogens with two attached hydrogens (primary N) is 1. The first kappa shape index (κ1) is 31.3. The molecule has 0 aromatic heterocycles. The van der Waals surface area contributed by atoms with Crippen molar-refractivity contribution in [1.82, 2.24) is 15.5 Å². The summed E-state index contributed by atoms with van der Waals surface area (Å²) < 4.78 is 40.6. The Bertz CT molecular complexity index is 1200. The predicted molar refractivity (Wildman–Crippen MR) is 150 cm³/mol. The SMILES string of the molecule is CCNC(=O)[C@H](C)C(C)Nc1ccc(CNC(=O)[C@@H]2SCCN2C(=O)C[C@H](N)Cc2cc(F)c(F)cc2F)cc1. The molecule has 2 aromatic rings. The van der Waals surface area contributed by atoms with Crippen LogP contribution in [0.15, 0.2) is 36.4 Å². The molecule has 1 fully saturated rings. The fourth-order valence-corrected chi connectivity index (χ4v) is 5.47. The first-order valence-corrected chi connectivity index (χ1v) is 14.3. The number of hydrogen-bond donors (Lipinski definition) is 4. The zero-order valence-electron chi connectivity index (χ0n) is 22.8. The molecule has 0 radical (unpaired) electrons. The second-order valence-electron chi connectivity index (χ2n) is 9.87. The Hall–Kier alpha value is -3.25. The molecular formula is C28H36F3N5O3S. The van der Waals surface area contributed by atoms with Crippen molar-refractivity contribution in [3.63, 3.8) is 0 Å². The number of halogens is 3. The van der Waals surface area contributed by atoms with Crippen molar-refractivity contribution >= 4 is 35.2 Å². The summed E-state index contributed by atoms with van der Waals surface area (Å²) in [7, 11) is 0. The lowest BCUT2D eigenvalue weighted by Crippen LogP contribution is -2.46. The van der Waals surface area contributed by atoms with Crippen LogP contribution >= 0.6 is 11.8 Å². The van der Waals surface area contributed by atoms with E-state index in [0.29, 0.717) is 24.9 Å². The van der Waals surface area contributed by atoms with Gasteiger partial charge in [-0.2, -0.15) is 0 Å². The number of nitrogens with one attached hydrogen (secondary N) is 3. The topological polar surface area (TPSA) is 117 Å². The monoisotopic (exact) mass is 579 g/mol. The van der Waals surface area contributed by atoms with Gasteiger partial charge < -0.3 is 26.6 Å². The van der Waals surface area contributed by atoms with Gasteiger partial charge in [-0.05, 0) is 49.6 Å². The van der Waals surface area contributed by atoms with Gasteiger partial charge in [-0.3, -0.25) is 14.4 Å². The molecule has 0 bridgehead atoms. The van der Waals surface area contributed by atoms with Gasteiger partial charge in [0.05, 0.1) is 5.92 Å². The summed E-state index contributed by atoms with van der Waals surface area (Å²) in [4.78, 5) is 39.3. The maximum absolute atomic E-state index is 14.0. The zero-order valence-corrected chi connectivity index (χ0v) is 23.6. The molecule has 1 aliphatic rings. The molecule has 1 heterocycles. The molecule has 0 spiro atoms. The van der Waals surface area contributed by atoms with E-state index >= 15 is 0 Å². The molecule has 3 rings (SSSR count). The van der Waals surface area contributed by atoms with Crippen LogP contribution in [0.25, 0.3) is 0 Å². The van der Waals surface area contributed by atoms with E-state index in [1.807, 2.05) is 45.0 Å². The minimum atomic E-state index is -1.29. The van der Waals surface area contributed by atoms with Crippen LogP contribution in [0.2, 0.25) is 0 Å². The number of anilines is 1. The molecule has 218 valence electrons. The molecule has 1 saturated heterocycles. The molecule has 3 amide bonds. The van der Waals surface area contributed by atoms with Crippen molar-refractivity contribution in [2.24, 2.45) is 11.7 Å². The van der Waals surface area contributed by atoms with Crippen LogP contribution in [0.5, 0.6) is 0 Å². The molecule has 40 heavy (non-hydrogen) atoms. The highest BCUT2D eigenvalue weighted by molar-refractivity contribution is 8.00. The van der Waals surface area contributed by atoms with E-state index in [1.54, 1.807) is 0 Å². The van der Waals surface area contributed by atoms with Crippen molar-refractivity contribution in [3.05, 3.63) is 65.0 Å². The molecule has 4 atom stereocenters. The van der Waals surface area contributed by atoms with Crippen molar-refractivity contribution in [1.29, 1.82) is 0 Å². The number of carbonyl (C=O) groups is 3. The first-order chi connectivity index (χ1) is 19.0. The van der Waals surface area contributed by atoms with Gasteiger partial charge in [-0.15, -0.1) is 11.8 Å². The molecule has 8 nitrogen and oxygen atoms in total. The van der Waals surface area contributed by atoms with E-state index in [2.05, 4.69) is 16.0 Å². The van der Waals surface area contributed by atoms with E-state index < -0.39 is 28.9 Å². The summed E-state index contributed by atoms with van der Waals surface area (Å²) >= 11 is 1.34. The Balaban J connectivity index is 1.49. The van der Waals surface area contributed by atoms with Crippen molar-refractivity contribution in [3.8, 4) is 0 Å². The zero-order chi connectivity index (χ0) is 29.4. The van der Waals surface area contributed by atoms with Crippen LogP contribution in [-0.4, -0.2) is 58.9 Å². The highest BCUT2D eigenvalue weighted by Crippen LogP contribution is 2.25. The van der Waals surface area contributed by atoms with Crippen LogP contribution in [-0.2, 0) is 27.3 Å². The Labute approximate surface area is 236 Å². The first-order valence-electron chi connectivity index (χ1n) is 13.2. The van der Waals surface area contributed by atoms with Crippen molar-refractivity contribution in [2.45, 2.75) is 57.6 Å². The Morgan fingerprint density at radius 2 is 1.73 bits per heavy atom. The highest BCUT2D eigenvalue weighted by Gasteiger charge is 2.35. The fourth-order valence-electron chi connectivity index (χ4n) is 4.30. The summed E-state index contributed by atoms with van der Waals surface area (Å²) in [6.07, 6.45) is -0.324. The molecule has 0 aliphatic carbocycles. The van der Waals surface area contributed by atoms with Crippen molar-refractivity contribution < 1.29 is 27.6 Å². The third-order valence-corrected chi connectivity index (χ3v) is 7.98. The number of benzene rings is 2. The average Bonchev–Trinajstić information content (AvgIpc) is 3.41. The lowest BCUT2D eigenvalue weighted by molar-refractivity contribution is -0.136. The summed E-state index contributed by atoms with van der Waals surface area (Å²) in [5.41, 5.74) is 7.61. The number of amides is 3. The molecule has 0 saturated carbocycles.